The molecule has 3 N–H and O–H groups in total. The van der Waals surface area contributed by atoms with Gasteiger partial charge in [0, 0.05) is 32.0 Å². The molecule has 0 saturated heterocycles. The number of nitrogens with one attached hydrogen (secondary N) is 3. The molecule has 7 nitrogen and oxygen atoms in total. The Morgan fingerprint density at radius 2 is 1.88 bits per heavy atom. The van der Waals surface area contributed by atoms with E-state index in [-0.39, 0.29) is 11.8 Å². The molecule has 0 spiro atoms. The summed E-state index contributed by atoms with van der Waals surface area (Å²) in [7, 11) is 0. The van der Waals surface area contributed by atoms with Crippen molar-refractivity contribution in [3.63, 3.8) is 0 Å². The summed E-state index contributed by atoms with van der Waals surface area (Å²) in [5.41, 5.74) is 1.06. The van der Waals surface area contributed by atoms with Crippen molar-refractivity contribution in [1.82, 2.24) is 16.0 Å². The molecule has 0 bridgehead atoms. The Morgan fingerprint density at radius 1 is 1.12 bits per heavy atom. The first-order valence-corrected chi connectivity index (χ1v) is 9.44. The number of ether oxygens (including phenoxy) is 2. The highest BCUT2D eigenvalue weighted by Gasteiger charge is 2.28. The fourth-order valence-corrected chi connectivity index (χ4v) is 2.67. The molecule has 7 heteroatoms. The van der Waals surface area contributed by atoms with Crippen molar-refractivity contribution in [2.24, 2.45) is 10.9 Å². The normalized spacial score (nSPS) is 16.6. The van der Waals surface area contributed by atoms with E-state index in [0.29, 0.717) is 32.8 Å². The second-order valence-electron chi connectivity index (χ2n) is 6.52. The van der Waals surface area contributed by atoms with E-state index in [9.17, 15) is 4.79 Å². The van der Waals surface area contributed by atoms with Gasteiger partial charge in [0.05, 0.1) is 19.8 Å². The molecule has 1 aromatic rings. The maximum atomic E-state index is 11.6. The largest absolute Gasteiger partial charge is 0.490 e. The van der Waals surface area contributed by atoms with Crippen LogP contribution in [-0.4, -0.2) is 44.7 Å². The van der Waals surface area contributed by atoms with Gasteiger partial charge < -0.3 is 25.4 Å². The summed E-state index contributed by atoms with van der Waals surface area (Å²) in [5, 5.41) is 9.41. The predicted molar refractivity (Wildman–Crippen MR) is 101 cm³/mol. The van der Waals surface area contributed by atoms with E-state index in [1.165, 1.54) is 0 Å². The first kappa shape index (κ1) is 18.4. The number of amides is 1. The quantitative estimate of drug-likeness (QED) is 0.389. The molecule has 1 aromatic carbocycles. The summed E-state index contributed by atoms with van der Waals surface area (Å²) in [5.74, 6) is 2.74. The molecule has 0 unspecified atom stereocenters. The second kappa shape index (κ2) is 9.31. The highest BCUT2D eigenvalue weighted by molar-refractivity contribution is 5.81. The molecule has 2 aliphatic rings. The molecule has 142 valence electrons. The first-order valence-electron chi connectivity index (χ1n) is 9.44. The van der Waals surface area contributed by atoms with Crippen LogP contribution in [0.5, 0.6) is 11.5 Å². The van der Waals surface area contributed by atoms with Crippen LogP contribution in [0.25, 0.3) is 0 Å². The highest BCUT2D eigenvalue weighted by Crippen LogP contribution is 2.30. The molecule has 1 fully saturated rings. The van der Waals surface area contributed by atoms with Crippen molar-refractivity contribution in [3.8, 4) is 11.5 Å². The maximum Gasteiger partial charge on any atom is 0.223 e. The molecule has 26 heavy (non-hydrogen) atoms. The number of nitrogens with zero attached hydrogens (tertiary/aromatic N) is 1. The van der Waals surface area contributed by atoms with E-state index in [1.54, 1.807) is 0 Å². The minimum atomic E-state index is 0.168. The zero-order valence-corrected chi connectivity index (χ0v) is 15.3. The smallest absolute Gasteiger partial charge is 0.223 e. The Balaban J connectivity index is 1.49. The van der Waals surface area contributed by atoms with Crippen molar-refractivity contribution in [2.75, 3.05) is 32.8 Å². The highest BCUT2D eigenvalue weighted by atomic mass is 16.5. The van der Waals surface area contributed by atoms with Crippen molar-refractivity contribution in [2.45, 2.75) is 32.7 Å². The van der Waals surface area contributed by atoms with Gasteiger partial charge in [-0.15, -0.1) is 0 Å². The van der Waals surface area contributed by atoms with Crippen LogP contribution >= 0.6 is 0 Å². The summed E-state index contributed by atoms with van der Waals surface area (Å²) < 4.78 is 11.4. The topological polar surface area (TPSA) is 84.0 Å². The lowest BCUT2D eigenvalue weighted by Crippen LogP contribution is -2.41. The van der Waals surface area contributed by atoms with E-state index in [1.807, 2.05) is 25.1 Å². The predicted octanol–water partition coefficient (Wildman–Crippen LogP) is 1.43. The lowest BCUT2D eigenvalue weighted by atomic mass is 10.2. The number of hydrogen-bond acceptors (Lipinski definition) is 4. The van der Waals surface area contributed by atoms with Gasteiger partial charge in [-0.2, -0.15) is 0 Å². The number of rotatable bonds is 7. The van der Waals surface area contributed by atoms with Crippen LogP contribution in [0.2, 0.25) is 0 Å². The molecular formula is C19H28N4O3. The average Bonchev–Trinajstić information content (AvgIpc) is 3.49. The minimum absolute atomic E-state index is 0.168. The van der Waals surface area contributed by atoms with Gasteiger partial charge in [0.1, 0.15) is 0 Å². The Hall–Kier alpha value is -2.44. The molecule has 0 atom stereocenters. The lowest BCUT2D eigenvalue weighted by Gasteiger charge is -2.12. The molecule has 1 saturated carbocycles. The van der Waals surface area contributed by atoms with E-state index >= 15 is 0 Å². The van der Waals surface area contributed by atoms with Gasteiger partial charge in [-0.25, -0.2) is 4.99 Å². The number of guanidine groups is 1. The van der Waals surface area contributed by atoms with Crippen LogP contribution in [0, 0.1) is 5.92 Å². The van der Waals surface area contributed by atoms with Gasteiger partial charge >= 0.3 is 0 Å². The summed E-state index contributed by atoms with van der Waals surface area (Å²) in [6, 6.07) is 5.94. The summed E-state index contributed by atoms with van der Waals surface area (Å²) in [4.78, 5) is 16.2. The standard InChI is InChI=1S/C19H28N4O3/c1-2-20-19(22-9-8-21-18(24)15-5-6-15)23-13-14-4-7-16-17(12-14)26-11-3-10-25-16/h4,7,12,15H,2-3,5-6,8-11,13H2,1H3,(H,21,24)(H2,20,22,23). The van der Waals surface area contributed by atoms with Crippen LogP contribution in [0.15, 0.2) is 23.2 Å². The third-order valence-corrected chi connectivity index (χ3v) is 4.24. The molecule has 3 rings (SSSR count). The van der Waals surface area contributed by atoms with Crippen molar-refractivity contribution in [3.05, 3.63) is 23.8 Å². The Bertz CT molecular complexity index is 644. The van der Waals surface area contributed by atoms with Crippen LogP contribution < -0.4 is 25.4 Å². The number of hydrogen-bond donors (Lipinski definition) is 3. The van der Waals surface area contributed by atoms with Crippen molar-refractivity contribution in [1.29, 1.82) is 0 Å². The van der Waals surface area contributed by atoms with Crippen molar-refractivity contribution >= 4 is 11.9 Å². The second-order valence-corrected chi connectivity index (χ2v) is 6.52. The summed E-state index contributed by atoms with van der Waals surface area (Å²) in [6.07, 6.45) is 2.95. The fraction of sp³-hybridized carbons (Fsp3) is 0.579. The van der Waals surface area contributed by atoms with Crippen LogP contribution in [-0.2, 0) is 11.3 Å². The monoisotopic (exact) mass is 360 g/mol. The number of aliphatic imine (C=N–C) groups is 1. The molecule has 1 aliphatic heterocycles. The van der Waals surface area contributed by atoms with Gasteiger partial charge in [-0.1, -0.05) is 6.07 Å². The molecular weight excluding hydrogens is 332 g/mol. The zero-order chi connectivity index (χ0) is 18.2. The Kier molecular flexibility index (Phi) is 6.57. The molecule has 1 heterocycles. The van der Waals surface area contributed by atoms with Gasteiger partial charge in [0.2, 0.25) is 5.91 Å². The maximum absolute atomic E-state index is 11.6. The first-order chi connectivity index (χ1) is 12.8. The van der Waals surface area contributed by atoms with Gasteiger partial charge in [-0.05, 0) is 37.5 Å². The molecule has 0 radical (unpaired) electrons. The van der Waals surface area contributed by atoms with Crippen LogP contribution in [0.3, 0.4) is 0 Å². The number of fused-ring (bicyclic) bond motifs is 1. The lowest BCUT2D eigenvalue weighted by molar-refractivity contribution is -0.122. The number of carbonyl (C=O) groups excluding carboxylic acids is 1. The van der Waals surface area contributed by atoms with Gasteiger partial charge in [0.15, 0.2) is 17.5 Å². The van der Waals surface area contributed by atoms with E-state index in [2.05, 4.69) is 20.9 Å². The Labute approximate surface area is 154 Å². The number of benzene rings is 1. The van der Waals surface area contributed by atoms with Gasteiger partial charge in [-0.3, -0.25) is 4.79 Å². The Morgan fingerprint density at radius 3 is 2.65 bits per heavy atom. The third kappa shape index (κ3) is 5.54. The fourth-order valence-electron chi connectivity index (χ4n) is 2.67. The minimum Gasteiger partial charge on any atom is -0.490 e. The van der Waals surface area contributed by atoms with Crippen molar-refractivity contribution < 1.29 is 14.3 Å². The molecule has 1 amide bonds. The van der Waals surface area contributed by atoms with Gasteiger partial charge in [0.25, 0.3) is 0 Å². The summed E-state index contributed by atoms with van der Waals surface area (Å²) in [6.45, 7) is 5.96. The molecule has 0 aromatic heterocycles. The van der Waals surface area contributed by atoms with Crippen LogP contribution in [0.1, 0.15) is 31.7 Å². The average molecular weight is 360 g/mol. The summed E-state index contributed by atoms with van der Waals surface area (Å²) >= 11 is 0. The molecule has 1 aliphatic carbocycles. The zero-order valence-electron chi connectivity index (χ0n) is 15.3. The number of carbonyl (C=O) groups is 1. The van der Waals surface area contributed by atoms with E-state index < -0.39 is 0 Å². The van der Waals surface area contributed by atoms with Crippen LogP contribution in [0.4, 0.5) is 0 Å². The third-order valence-electron chi connectivity index (χ3n) is 4.24. The SMILES string of the molecule is CCNC(=NCc1ccc2c(c1)OCCCO2)NCCNC(=O)C1CC1. The van der Waals surface area contributed by atoms with E-state index in [4.69, 9.17) is 9.47 Å². The van der Waals surface area contributed by atoms with E-state index in [0.717, 1.165) is 48.8 Å².